The summed E-state index contributed by atoms with van der Waals surface area (Å²) in [5.41, 5.74) is 0. The van der Waals surface area contributed by atoms with Gasteiger partial charge in [0.25, 0.3) is 0 Å². The van der Waals surface area contributed by atoms with Gasteiger partial charge in [0.1, 0.15) is 0 Å². The van der Waals surface area contributed by atoms with Crippen LogP contribution in [0.4, 0.5) is 0 Å². The van der Waals surface area contributed by atoms with Crippen LogP contribution in [0.5, 0.6) is 0 Å². The minimum atomic E-state index is -3.70. The van der Waals surface area contributed by atoms with Gasteiger partial charge in [-0.05, 0) is 12.1 Å². The summed E-state index contributed by atoms with van der Waals surface area (Å²) in [7, 11) is -3.70. The Hall–Kier alpha value is -1.95. The van der Waals surface area contributed by atoms with Crippen LogP contribution in [-0.2, 0) is 10.0 Å². The Labute approximate surface area is 136 Å². The summed E-state index contributed by atoms with van der Waals surface area (Å²) in [5, 5.41) is 10.7. The van der Waals surface area contributed by atoms with E-state index in [0.717, 1.165) is 0 Å². The Balaban J connectivity index is 1.87. The molecule has 3 rings (SSSR count). The van der Waals surface area contributed by atoms with Gasteiger partial charge in [0.15, 0.2) is 0 Å². The van der Waals surface area contributed by atoms with E-state index in [1.807, 2.05) is 48.6 Å². The summed E-state index contributed by atoms with van der Waals surface area (Å²) < 4.78 is 27.9. The normalized spacial score (nSPS) is 20.4. The molecule has 1 aromatic rings. The van der Waals surface area contributed by atoms with Gasteiger partial charge in [0, 0.05) is 11.8 Å². The first-order valence-corrected chi connectivity index (χ1v) is 9.02. The van der Waals surface area contributed by atoms with Crippen LogP contribution < -0.4 is 4.72 Å². The average Bonchev–Trinajstić information content (AvgIpc) is 3.26. The summed E-state index contributed by atoms with van der Waals surface area (Å²) in [4.78, 5) is 0.195. The van der Waals surface area contributed by atoms with Crippen LogP contribution in [0.1, 0.15) is 0 Å². The van der Waals surface area contributed by atoms with Gasteiger partial charge in [-0.15, -0.1) is 0 Å². The molecule has 0 saturated carbocycles. The molecular formula is C18H19NO3S. The number of hydrogen-bond donors (Lipinski definition) is 2. The van der Waals surface area contributed by atoms with E-state index in [9.17, 15) is 13.5 Å². The SMILES string of the molecule is O=S(=O)(N[C@H](C1C=CC=C1)[C@@H](O)C1C=CC=C1)c1ccccc1. The summed E-state index contributed by atoms with van der Waals surface area (Å²) in [5.74, 6) is -0.369. The third-order valence-electron chi connectivity index (χ3n) is 4.08. The fourth-order valence-corrected chi connectivity index (χ4v) is 4.13. The van der Waals surface area contributed by atoms with Crippen LogP contribution in [0.3, 0.4) is 0 Å². The lowest BCUT2D eigenvalue weighted by atomic mass is 9.89. The molecule has 2 aliphatic rings. The van der Waals surface area contributed by atoms with E-state index in [0.29, 0.717) is 0 Å². The molecule has 0 aliphatic heterocycles. The lowest BCUT2D eigenvalue weighted by molar-refractivity contribution is 0.104. The van der Waals surface area contributed by atoms with Crippen molar-refractivity contribution in [3.63, 3.8) is 0 Å². The Morgan fingerprint density at radius 1 is 0.870 bits per heavy atom. The number of nitrogens with one attached hydrogen (secondary N) is 1. The van der Waals surface area contributed by atoms with Gasteiger partial charge >= 0.3 is 0 Å². The first-order valence-electron chi connectivity index (χ1n) is 7.53. The molecule has 0 aromatic heterocycles. The third-order valence-corrected chi connectivity index (χ3v) is 5.55. The molecule has 5 heteroatoms. The van der Waals surface area contributed by atoms with E-state index in [4.69, 9.17) is 0 Å². The average molecular weight is 329 g/mol. The topological polar surface area (TPSA) is 66.4 Å². The van der Waals surface area contributed by atoms with Crippen molar-refractivity contribution in [1.29, 1.82) is 0 Å². The maximum absolute atomic E-state index is 12.6. The first kappa shape index (κ1) is 15.9. The Morgan fingerprint density at radius 2 is 1.39 bits per heavy atom. The molecule has 0 bridgehead atoms. The number of benzene rings is 1. The van der Waals surface area contributed by atoms with Gasteiger partial charge in [-0.25, -0.2) is 13.1 Å². The van der Waals surface area contributed by atoms with Crippen molar-refractivity contribution >= 4 is 10.0 Å². The lowest BCUT2D eigenvalue weighted by Crippen LogP contribution is -2.49. The maximum Gasteiger partial charge on any atom is 0.240 e. The van der Waals surface area contributed by atoms with E-state index < -0.39 is 22.2 Å². The Morgan fingerprint density at radius 3 is 1.96 bits per heavy atom. The smallest absolute Gasteiger partial charge is 0.240 e. The number of aliphatic hydroxyl groups is 1. The highest BCUT2D eigenvalue weighted by Crippen LogP contribution is 2.25. The van der Waals surface area contributed by atoms with Crippen molar-refractivity contribution in [3.8, 4) is 0 Å². The molecular weight excluding hydrogens is 310 g/mol. The van der Waals surface area contributed by atoms with Gasteiger partial charge in [0.05, 0.1) is 17.0 Å². The standard InChI is InChI=1S/C18H19NO3S/c20-18(15-10-6-7-11-15)17(14-8-4-5-9-14)19-23(21,22)16-12-2-1-3-13-16/h1-15,17-20H/t17-,18+/m1/s1. The number of allylic oxidation sites excluding steroid dienone is 4. The molecule has 0 amide bonds. The molecule has 120 valence electrons. The highest BCUT2D eigenvalue weighted by atomic mass is 32.2. The van der Waals surface area contributed by atoms with E-state index in [2.05, 4.69) is 4.72 Å². The highest BCUT2D eigenvalue weighted by molar-refractivity contribution is 7.89. The minimum absolute atomic E-state index is 0.175. The van der Waals surface area contributed by atoms with E-state index in [-0.39, 0.29) is 16.7 Å². The van der Waals surface area contributed by atoms with E-state index in [1.165, 1.54) is 0 Å². The van der Waals surface area contributed by atoms with Gasteiger partial charge < -0.3 is 5.11 Å². The second kappa shape index (κ2) is 6.66. The second-order valence-corrected chi connectivity index (χ2v) is 7.36. The highest BCUT2D eigenvalue weighted by Gasteiger charge is 2.34. The van der Waals surface area contributed by atoms with Crippen molar-refractivity contribution in [2.45, 2.75) is 17.0 Å². The molecule has 2 N–H and O–H groups in total. The molecule has 0 saturated heterocycles. The monoisotopic (exact) mass is 329 g/mol. The number of sulfonamides is 1. The maximum atomic E-state index is 12.6. The molecule has 0 fully saturated rings. The van der Waals surface area contributed by atoms with Crippen molar-refractivity contribution in [2.75, 3.05) is 0 Å². The van der Waals surface area contributed by atoms with E-state index in [1.54, 1.807) is 30.3 Å². The fraction of sp³-hybridized carbons (Fsp3) is 0.222. The molecule has 2 aliphatic carbocycles. The summed E-state index contributed by atoms with van der Waals surface area (Å²) in [6, 6.07) is 7.58. The fourth-order valence-electron chi connectivity index (χ4n) is 2.83. The quantitative estimate of drug-likeness (QED) is 0.841. The number of aliphatic hydroxyl groups excluding tert-OH is 1. The zero-order valence-electron chi connectivity index (χ0n) is 12.5. The largest absolute Gasteiger partial charge is 0.390 e. The second-order valence-electron chi connectivity index (χ2n) is 5.65. The molecule has 0 heterocycles. The van der Waals surface area contributed by atoms with Crippen LogP contribution in [0.15, 0.2) is 83.8 Å². The van der Waals surface area contributed by atoms with Crippen molar-refractivity contribution in [2.24, 2.45) is 11.8 Å². The van der Waals surface area contributed by atoms with Crippen LogP contribution in [-0.4, -0.2) is 25.7 Å². The lowest BCUT2D eigenvalue weighted by Gasteiger charge is -2.30. The Bertz CT molecular complexity index is 739. The van der Waals surface area contributed by atoms with Crippen molar-refractivity contribution in [1.82, 2.24) is 4.72 Å². The van der Waals surface area contributed by atoms with Gasteiger partial charge in [-0.3, -0.25) is 0 Å². The summed E-state index contributed by atoms with van der Waals surface area (Å²) in [6.45, 7) is 0. The molecule has 0 radical (unpaired) electrons. The van der Waals surface area contributed by atoms with Crippen LogP contribution in [0, 0.1) is 11.8 Å². The number of rotatable bonds is 6. The first-order chi connectivity index (χ1) is 11.1. The van der Waals surface area contributed by atoms with Crippen LogP contribution in [0.25, 0.3) is 0 Å². The Kier molecular flexibility index (Phi) is 4.61. The van der Waals surface area contributed by atoms with Gasteiger partial charge in [0.2, 0.25) is 10.0 Å². The zero-order valence-corrected chi connectivity index (χ0v) is 13.3. The predicted octanol–water partition coefficient (Wildman–Crippen LogP) is 2.18. The van der Waals surface area contributed by atoms with Gasteiger partial charge in [-0.2, -0.15) is 0 Å². The number of hydrogen-bond acceptors (Lipinski definition) is 3. The molecule has 0 spiro atoms. The van der Waals surface area contributed by atoms with Crippen molar-refractivity contribution < 1.29 is 13.5 Å². The van der Waals surface area contributed by atoms with Crippen LogP contribution in [0.2, 0.25) is 0 Å². The predicted molar refractivity (Wildman–Crippen MR) is 90.1 cm³/mol. The molecule has 2 atom stereocenters. The zero-order chi connectivity index (χ0) is 16.3. The summed E-state index contributed by atoms with van der Waals surface area (Å²) in [6.07, 6.45) is 14.1. The van der Waals surface area contributed by atoms with Crippen molar-refractivity contribution in [3.05, 3.63) is 78.9 Å². The molecule has 1 aromatic carbocycles. The molecule has 4 nitrogen and oxygen atoms in total. The summed E-state index contributed by atoms with van der Waals surface area (Å²) >= 11 is 0. The minimum Gasteiger partial charge on any atom is -0.390 e. The molecule has 23 heavy (non-hydrogen) atoms. The third kappa shape index (κ3) is 3.52. The van der Waals surface area contributed by atoms with Gasteiger partial charge in [-0.1, -0.05) is 66.8 Å². The molecule has 0 unspecified atom stereocenters. The van der Waals surface area contributed by atoms with E-state index >= 15 is 0 Å². The van der Waals surface area contributed by atoms with Crippen LogP contribution >= 0.6 is 0 Å².